The van der Waals surface area contributed by atoms with Gasteiger partial charge in [0, 0.05) is 43.1 Å². The second-order valence-corrected chi connectivity index (χ2v) is 7.06. The zero-order chi connectivity index (χ0) is 18.8. The van der Waals surface area contributed by atoms with Gasteiger partial charge in [0.1, 0.15) is 5.69 Å². The Hall–Kier alpha value is -3.08. The van der Waals surface area contributed by atoms with Crippen molar-refractivity contribution in [1.29, 1.82) is 0 Å². The van der Waals surface area contributed by atoms with E-state index in [-0.39, 0.29) is 11.8 Å². The van der Waals surface area contributed by atoms with Crippen molar-refractivity contribution in [3.8, 4) is 0 Å². The van der Waals surface area contributed by atoms with E-state index >= 15 is 0 Å². The first kappa shape index (κ1) is 17.3. The van der Waals surface area contributed by atoms with Crippen molar-refractivity contribution in [3.63, 3.8) is 0 Å². The Labute approximate surface area is 158 Å². The minimum absolute atomic E-state index is 0.0840. The number of carbonyl (C=O) groups is 2. The van der Waals surface area contributed by atoms with Crippen LogP contribution in [0.25, 0.3) is 10.9 Å². The van der Waals surface area contributed by atoms with Gasteiger partial charge < -0.3 is 14.8 Å². The van der Waals surface area contributed by atoms with Gasteiger partial charge in [-0.1, -0.05) is 30.3 Å². The third-order valence-corrected chi connectivity index (χ3v) is 5.02. The summed E-state index contributed by atoms with van der Waals surface area (Å²) in [7, 11) is 0. The lowest BCUT2D eigenvalue weighted by atomic mass is 10.2. The largest absolute Gasteiger partial charge is 0.337 e. The van der Waals surface area contributed by atoms with Crippen LogP contribution in [0.15, 0.2) is 54.6 Å². The van der Waals surface area contributed by atoms with E-state index in [4.69, 9.17) is 0 Å². The van der Waals surface area contributed by atoms with E-state index in [2.05, 4.69) is 22.0 Å². The number of rotatable bonds is 4. The summed E-state index contributed by atoms with van der Waals surface area (Å²) in [6.07, 6.45) is 2.13. The molecular formula is C22H23N3O2. The highest BCUT2D eigenvalue weighted by molar-refractivity contribution is 6.00. The summed E-state index contributed by atoms with van der Waals surface area (Å²) >= 11 is 0. The number of aromatic nitrogens is 1. The Balaban J connectivity index is 1.79. The minimum Gasteiger partial charge on any atom is -0.337 e. The lowest BCUT2D eigenvalue weighted by molar-refractivity contribution is -0.114. The van der Waals surface area contributed by atoms with Gasteiger partial charge in [-0.3, -0.25) is 9.59 Å². The Bertz CT molecular complexity index is 985. The molecule has 0 aliphatic carbocycles. The highest BCUT2D eigenvalue weighted by Gasteiger charge is 2.24. The second kappa shape index (κ2) is 7.27. The maximum Gasteiger partial charge on any atom is 0.270 e. The van der Waals surface area contributed by atoms with Gasteiger partial charge >= 0.3 is 0 Å². The van der Waals surface area contributed by atoms with E-state index in [9.17, 15) is 9.59 Å². The molecule has 0 bridgehead atoms. The van der Waals surface area contributed by atoms with E-state index in [0.29, 0.717) is 12.2 Å². The fourth-order valence-electron chi connectivity index (χ4n) is 3.75. The number of benzene rings is 2. The highest BCUT2D eigenvalue weighted by atomic mass is 16.2. The lowest BCUT2D eigenvalue weighted by Crippen LogP contribution is -2.29. The van der Waals surface area contributed by atoms with Crippen LogP contribution >= 0.6 is 0 Å². The van der Waals surface area contributed by atoms with Crippen molar-refractivity contribution in [2.75, 3.05) is 18.4 Å². The molecule has 5 nitrogen and oxygen atoms in total. The van der Waals surface area contributed by atoms with Gasteiger partial charge in [0.05, 0.1) is 0 Å². The molecule has 0 atom stereocenters. The molecule has 2 heterocycles. The molecule has 5 heteroatoms. The average molecular weight is 361 g/mol. The number of hydrogen-bond acceptors (Lipinski definition) is 2. The normalized spacial score (nSPS) is 13.9. The van der Waals surface area contributed by atoms with Crippen LogP contribution in [0.5, 0.6) is 0 Å². The summed E-state index contributed by atoms with van der Waals surface area (Å²) in [6.45, 7) is 3.78. The number of nitrogens with one attached hydrogen (secondary N) is 1. The smallest absolute Gasteiger partial charge is 0.270 e. The fourth-order valence-corrected chi connectivity index (χ4v) is 3.75. The summed E-state index contributed by atoms with van der Waals surface area (Å²) in [5.41, 5.74) is 3.59. The van der Waals surface area contributed by atoms with Crippen molar-refractivity contribution in [2.24, 2.45) is 0 Å². The van der Waals surface area contributed by atoms with Crippen LogP contribution in [-0.2, 0) is 11.3 Å². The molecule has 0 radical (unpaired) electrons. The van der Waals surface area contributed by atoms with Crippen LogP contribution < -0.4 is 5.32 Å². The SMILES string of the molecule is CC(=O)Nc1ccc2c(c1)cc(C(=O)N1CCCC1)n2Cc1ccccc1. The molecule has 4 rings (SSSR count). The molecule has 3 aromatic rings. The first-order valence-corrected chi connectivity index (χ1v) is 9.36. The standard InChI is InChI=1S/C22H23N3O2/c1-16(26)23-19-9-10-20-18(13-19)14-21(22(27)24-11-5-6-12-24)25(20)15-17-7-3-2-4-8-17/h2-4,7-10,13-14H,5-6,11-12,15H2,1H3,(H,23,26). The van der Waals surface area contributed by atoms with Gasteiger partial charge in [-0.05, 0) is 42.7 Å². The molecule has 27 heavy (non-hydrogen) atoms. The summed E-state index contributed by atoms with van der Waals surface area (Å²) in [4.78, 5) is 26.4. The van der Waals surface area contributed by atoms with Crippen LogP contribution in [0.3, 0.4) is 0 Å². The summed E-state index contributed by atoms with van der Waals surface area (Å²) in [6, 6.07) is 17.9. The first-order valence-electron chi connectivity index (χ1n) is 9.36. The number of amides is 2. The predicted molar refractivity (Wildman–Crippen MR) is 107 cm³/mol. The van der Waals surface area contributed by atoms with Crippen LogP contribution in [0.4, 0.5) is 5.69 Å². The molecule has 1 fully saturated rings. The van der Waals surface area contributed by atoms with Crippen molar-refractivity contribution >= 4 is 28.4 Å². The number of anilines is 1. The molecule has 138 valence electrons. The average Bonchev–Trinajstić information content (AvgIpc) is 3.30. The zero-order valence-electron chi connectivity index (χ0n) is 15.4. The molecule has 1 aliphatic rings. The van der Waals surface area contributed by atoms with E-state index in [1.165, 1.54) is 6.92 Å². The number of hydrogen-bond donors (Lipinski definition) is 1. The minimum atomic E-state index is -0.105. The molecular weight excluding hydrogens is 338 g/mol. The van der Waals surface area contributed by atoms with Crippen LogP contribution in [0.2, 0.25) is 0 Å². The second-order valence-electron chi connectivity index (χ2n) is 7.06. The molecule has 0 saturated carbocycles. The third kappa shape index (κ3) is 3.58. The van der Waals surface area contributed by atoms with Crippen molar-refractivity contribution in [2.45, 2.75) is 26.3 Å². The molecule has 0 unspecified atom stereocenters. The summed E-state index contributed by atoms with van der Waals surface area (Å²) in [5, 5.41) is 3.77. The van der Waals surface area contributed by atoms with Gasteiger partial charge in [-0.25, -0.2) is 0 Å². The molecule has 1 aromatic heterocycles. The predicted octanol–water partition coefficient (Wildman–Crippen LogP) is 3.88. The molecule has 2 amide bonds. The van der Waals surface area contributed by atoms with E-state index < -0.39 is 0 Å². The van der Waals surface area contributed by atoms with E-state index in [1.807, 2.05) is 47.4 Å². The maximum atomic E-state index is 13.1. The van der Waals surface area contributed by atoms with Crippen LogP contribution in [0, 0.1) is 0 Å². The number of likely N-dealkylation sites (tertiary alicyclic amines) is 1. The first-order chi connectivity index (χ1) is 13.1. The Morgan fingerprint density at radius 2 is 1.74 bits per heavy atom. The van der Waals surface area contributed by atoms with Crippen LogP contribution in [0.1, 0.15) is 35.8 Å². The molecule has 2 aromatic carbocycles. The molecule has 0 spiro atoms. The maximum absolute atomic E-state index is 13.1. The van der Waals surface area contributed by atoms with E-state index in [0.717, 1.165) is 48.1 Å². The lowest BCUT2D eigenvalue weighted by Gasteiger charge is -2.17. The summed E-state index contributed by atoms with van der Waals surface area (Å²) in [5.74, 6) is -0.0212. The van der Waals surface area contributed by atoms with Gasteiger partial charge in [-0.2, -0.15) is 0 Å². The zero-order valence-corrected chi connectivity index (χ0v) is 15.4. The topological polar surface area (TPSA) is 54.3 Å². The third-order valence-electron chi connectivity index (χ3n) is 5.02. The number of carbonyl (C=O) groups excluding carboxylic acids is 2. The Morgan fingerprint density at radius 3 is 2.44 bits per heavy atom. The van der Waals surface area contributed by atoms with Crippen LogP contribution in [-0.4, -0.2) is 34.4 Å². The molecule has 1 saturated heterocycles. The Morgan fingerprint density at radius 1 is 1.00 bits per heavy atom. The quantitative estimate of drug-likeness (QED) is 0.767. The van der Waals surface area contributed by atoms with Crippen molar-refractivity contribution in [3.05, 3.63) is 65.9 Å². The van der Waals surface area contributed by atoms with Crippen molar-refractivity contribution in [1.82, 2.24) is 9.47 Å². The van der Waals surface area contributed by atoms with Crippen molar-refractivity contribution < 1.29 is 9.59 Å². The highest BCUT2D eigenvalue weighted by Crippen LogP contribution is 2.26. The molecule has 1 N–H and O–H groups in total. The number of nitrogens with zero attached hydrogens (tertiary/aromatic N) is 2. The van der Waals surface area contributed by atoms with Gasteiger partial charge in [-0.15, -0.1) is 0 Å². The van der Waals surface area contributed by atoms with Gasteiger partial charge in [0.15, 0.2) is 0 Å². The Kier molecular flexibility index (Phi) is 4.67. The monoisotopic (exact) mass is 361 g/mol. The van der Waals surface area contributed by atoms with Gasteiger partial charge in [0.2, 0.25) is 5.91 Å². The van der Waals surface area contributed by atoms with E-state index in [1.54, 1.807) is 0 Å². The van der Waals surface area contributed by atoms with Gasteiger partial charge in [0.25, 0.3) is 5.91 Å². The molecule has 1 aliphatic heterocycles. The fraction of sp³-hybridized carbons (Fsp3) is 0.273. The summed E-state index contributed by atoms with van der Waals surface area (Å²) < 4.78 is 2.09. The number of fused-ring (bicyclic) bond motifs is 1.